The fraction of sp³-hybridized carbons (Fsp3) is 0.571. The standard InChI is InChI=1S/C14H17BrN2O2/c1-8-10(15)6-9-11(16-8)7-17(14(9)19)12-4-2-3-5-13(12)18/h6,12-13,18H,2-5,7H2,1H3. The molecule has 1 aromatic heterocycles. The Kier molecular flexibility index (Phi) is 3.35. The first-order valence-electron chi connectivity index (χ1n) is 6.73. The third-order valence-corrected chi connectivity index (χ3v) is 4.94. The predicted molar refractivity (Wildman–Crippen MR) is 74.8 cm³/mol. The average molecular weight is 325 g/mol. The van der Waals surface area contributed by atoms with E-state index in [0.717, 1.165) is 41.5 Å². The lowest BCUT2D eigenvalue weighted by Gasteiger charge is -2.34. The normalized spacial score (nSPS) is 26.7. The maximum absolute atomic E-state index is 12.5. The number of hydrogen-bond acceptors (Lipinski definition) is 3. The van der Waals surface area contributed by atoms with E-state index in [1.807, 2.05) is 13.0 Å². The van der Waals surface area contributed by atoms with Gasteiger partial charge in [0, 0.05) is 4.47 Å². The van der Waals surface area contributed by atoms with Gasteiger partial charge >= 0.3 is 0 Å². The first-order chi connectivity index (χ1) is 9.08. The molecule has 1 aromatic rings. The smallest absolute Gasteiger partial charge is 0.256 e. The number of fused-ring (bicyclic) bond motifs is 1. The molecular formula is C14H17BrN2O2. The Morgan fingerprint density at radius 3 is 2.89 bits per heavy atom. The fourth-order valence-electron chi connectivity index (χ4n) is 3.05. The van der Waals surface area contributed by atoms with Crippen LogP contribution in [0, 0.1) is 6.92 Å². The molecule has 0 bridgehead atoms. The van der Waals surface area contributed by atoms with E-state index in [9.17, 15) is 9.90 Å². The Balaban J connectivity index is 1.90. The molecule has 0 radical (unpaired) electrons. The molecule has 0 aromatic carbocycles. The Morgan fingerprint density at radius 2 is 2.16 bits per heavy atom. The van der Waals surface area contributed by atoms with E-state index < -0.39 is 6.10 Å². The van der Waals surface area contributed by atoms with E-state index in [2.05, 4.69) is 20.9 Å². The molecule has 1 N–H and O–H groups in total. The van der Waals surface area contributed by atoms with Crippen LogP contribution in [0.5, 0.6) is 0 Å². The summed E-state index contributed by atoms with van der Waals surface area (Å²) in [5, 5.41) is 10.1. The van der Waals surface area contributed by atoms with Crippen LogP contribution in [0.2, 0.25) is 0 Å². The van der Waals surface area contributed by atoms with E-state index in [0.29, 0.717) is 12.1 Å². The maximum atomic E-state index is 12.5. The van der Waals surface area contributed by atoms with Crippen LogP contribution in [0.4, 0.5) is 0 Å². The number of hydrogen-bond donors (Lipinski definition) is 1. The number of aromatic nitrogens is 1. The quantitative estimate of drug-likeness (QED) is 0.863. The summed E-state index contributed by atoms with van der Waals surface area (Å²) in [4.78, 5) is 18.7. The topological polar surface area (TPSA) is 53.4 Å². The van der Waals surface area contributed by atoms with Crippen LogP contribution in [0.3, 0.4) is 0 Å². The van der Waals surface area contributed by atoms with E-state index >= 15 is 0 Å². The summed E-state index contributed by atoms with van der Waals surface area (Å²) in [6.45, 7) is 2.46. The minimum atomic E-state index is -0.392. The summed E-state index contributed by atoms with van der Waals surface area (Å²) in [6, 6.07) is 1.81. The molecule has 102 valence electrons. The molecule has 0 saturated heterocycles. The van der Waals surface area contributed by atoms with Gasteiger partial charge in [-0.25, -0.2) is 0 Å². The van der Waals surface area contributed by atoms with Crippen LogP contribution in [0.25, 0.3) is 0 Å². The number of pyridine rings is 1. The maximum Gasteiger partial charge on any atom is 0.256 e. The molecule has 1 amide bonds. The number of carbonyl (C=O) groups excluding carboxylic acids is 1. The summed E-state index contributed by atoms with van der Waals surface area (Å²) in [5.74, 6) is 0.00847. The number of aryl methyl sites for hydroxylation is 1. The molecule has 2 aliphatic rings. The number of halogens is 1. The third-order valence-electron chi connectivity index (χ3n) is 4.14. The largest absolute Gasteiger partial charge is 0.391 e. The molecule has 1 fully saturated rings. The van der Waals surface area contributed by atoms with E-state index in [1.54, 1.807) is 4.90 Å². The highest BCUT2D eigenvalue weighted by Crippen LogP contribution is 2.32. The van der Waals surface area contributed by atoms with E-state index in [1.165, 1.54) is 0 Å². The molecule has 1 aliphatic heterocycles. The predicted octanol–water partition coefficient (Wildman–Crippen LogP) is 2.41. The Morgan fingerprint density at radius 1 is 1.42 bits per heavy atom. The first kappa shape index (κ1) is 13.1. The SMILES string of the molecule is Cc1nc2c(cc1Br)C(=O)N(C1CCCCC1O)C2. The van der Waals surface area contributed by atoms with Crippen LogP contribution < -0.4 is 0 Å². The summed E-state index contributed by atoms with van der Waals surface area (Å²) in [6.07, 6.45) is 3.42. The summed E-state index contributed by atoms with van der Waals surface area (Å²) >= 11 is 3.42. The van der Waals surface area contributed by atoms with Gasteiger partial charge in [0.05, 0.1) is 35.6 Å². The molecule has 0 spiro atoms. The summed E-state index contributed by atoms with van der Waals surface area (Å²) < 4.78 is 0.866. The van der Waals surface area contributed by atoms with Gasteiger partial charge in [-0.1, -0.05) is 12.8 Å². The van der Waals surface area contributed by atoms with Gasteiger partial charge in [0.2, 0.25) is 0 Å². The van der Waals surface area contributed by atoms with Gasteiger partial charge < -0.3 is 10.0 Å². The van der Waals surface area contributed by atoms with Crippen LogP contribution in [-0.4, -0.2) is 33.0 Å². The van der Waals surface area contributed by atoms with Crippen LogP contribution in [0.1, 0.15) is 47.4 Å². The molecule has 1 aliphatic carbocycles. The number of aliphatic hydroxyl groups excluding tert-OH is 1. The molecule has 1 saturated carbocycles. The summed E-state index contributed by atoms with van der Waals surface area (Å²) in [5.41, 5.74) is 2.41. The first-order valence-corrected chi connectivity index (χ1v) is 7.52. The molecule has 2 heterocycles. The van der Waals surface area contributed by atoms with Crippen molar-refractivity contribution in [3.63, 3.8) is 0 Å². The van der Waals surface area contributed by atoms with Crippen molar-refractivity contribution in [2.45, 2.75) is 51.3 Å². The second kappa shape index (κ2) is 4.87. The van der Waals surface area contributed by atoms with Crippen molar-refractivity contribution in [3.05, 3.63) is 27.5 Å². The van der Waals surface area contributed by atoms with Crippen molar-refractivity contribution in [2.75, 3.05) is 0 Å². The highest BCUT2D eigenvalue weighted by Gasteiger charge is 2.38. The lowest BCUT2D eigenvalue weighted by Crippen LogP contribution is -2.45. The Hall–Kier alpha value is -0.940. The minimum Gasteiger partial charge on any atom is -0.391 e. The number of rotatable bonds is 1. The molecule has 2 atom stereocenters. The van der Waals surface area contributed by atoms with Crippen LogP contribution in [-0.2, 0) is 6.54 Å². The van der Waals surface area contributed by atoms with Crippen molar-refractivity contribution in [1.82, 2.24) is 9.88 Å². The lowest BCUT2D eigenvalue weighted by atomic mass is 9.91. The van der Waals surface area contributed by atoms with Crippen LogP contribution in [0.15, 0.2) is 10.5 Å². The van der Waals surface area contributed by atoms with Crippen molar-refractivity contribution in [1.29, 1.82) is 0 Å². The zero-order valence-electron chi connectivity index (χ0n) is 10.9. The highest BCUT2D eigenvalue weighted by atomic mass is 79.9. The van der Waals surface area contributed by atoms with Crippen molar-refractivity contribution in [2.24, 2.45) is 0 Å². The second-order valence-corrected chi connectivity index (χ2v) is 6.26. The molecule has 5 heteroatoms. The van der Waals surface area contributed by atoms with Gasteiger partial charge in [0.1, 0.15) is 0 Å². The van der Waals surface area contributed by atoms with Crippen molar-refractivity contribution < 1.29 is 9.90 Å². The van der Waals surface area contributed by atoms with E-state index in [-0.39, 0.29) is 11.9 Å². The molecular weight excluding hydrogens is 308 g/mol. The number of amides is 1. The van der Waals surface area contributed by atoms with Crippen molar-refractivity contribution >= 4 is 21.8 Å². The minimum absolute atomic E-state index is 0.00847. The molecule has 3 rings (SSSR count). The zero-order chi connectivity index (χ0) is 13.6. The summed E-state index contributed by atoms with van der Waals surface area (Å²) in [7, 11) is 0. The van der Waals surface area contributed by atoms with Gasteiger partial charge in [-0.3, -0.25) is 9.78 Å². The molecule has 19 heavy (non-hydrogen) atoms. The average Bonchev–Trinajstić information content (AvgIpc) is 2.68. The third kappa shape index (κ3) is 2.19. The Bertz CT molecular complexity index is 532. The highest BCUT2D eigenvalue weighted by molar-refractivity contribution is 9.10. The number of aliphatic hydroxyl groups is 1. The molecule has 4 nitrogen and oxygen atoms in total. The van der Waals surface area contributed by atoms with Gasteiger partial charge in [-0.2, -0.15) is 0 Å². The molecule has 2 unspecified atom stereocenters. The Labute approximate surface area is 121 Å². The van der Waals surface area contributed by atoms with E-state index in [4.69, 9.17) is 0 Å². The van der Waals surface area contributed by atoms with Gasteiger partial charge in [-0.15, -0.1) is 0 Å². The van der Waals surface area contributed by atoms with Gasteiger partial charge in [0.25, 0.3) is 5.91 Å². The van der Waals surface area contributed by atoms with Crippen molar-refractivity contribution in [3.8, 4) is 0 Å². The van der Waals surface area contributed by atoms with Gasteiger partial charge in [0.15, 0.2) is 0 Å². The number of carbonyl (C=O) groups is 1. The number of nitrogens with zero attached hydrogens (tertiary/aromatic N) is 2. The second-order valence-electron chi connectivity index (χ2n) is 5.40. The monoisotopic (exact) mass is 324 g/mol. The van der Waals surface area contributed by atoms with Gasteiger partial charge in [-0.05, 0) is 41.8 Å². The zero-order valence-corrected chi connectivity index (χ0v) is 12.5. The lowest BCUT2D eigenvalue weighted by molar-refractivity contribution is 0.0189. The fourth-order valence-corrected chi connectivity index (χ4v) is 3.36. The van der Waals surface area contributed by atoms with Crippen LogP contribution >= 0.6 is 15.9 Å².